The van der Waals surface area contributed by atoms with Crippen LogP contribution in [0.4, 0.5) is 123 Å². The van der Waals surface area contributed by atoms with Crippen LogP contribution in [0.3, 0.4) is 0 Å². The number of aromatic nitrogens is 4. The minimum Gasteiger partial charge on any atom is -0.354 e. The van der Waals surface area contributed by atoms with E-state index in [1.807, 2.05) is 0 Å². The molecule has 66 heavy (non-hydrogen) atoms. The summed E-state index contributed by atoms with van der Waals surface area (Å²) in [6.45, 7) is 0. The number of nitrogens with zero attached hydrogens (tertiary/aromatic N) is 2. The Morgan fingerprint density at radius 3 is 0.727 bits per heavy atom. The van der Waals surface area contributed by atoms with Gasteiger partial charge >= 0.3 is 72.1 Å². The minimum absolute atomic E-state index is 0.469. The van der Waals surface area contributed by atoms with E-state index >= 15 is 35.1 Å². The van der Waals surface area contributed by atoms with Crippen molar-refractivity contribution in [2.45, 2.75) is 72.1 Å². The fourth-order valence-corrected chi connectivity index (χ4v) is 6.99. The molecular weight excluding hydrogens is 1130 g/mol. The second kappa shape index (κ2) is 15.0. The minimum atomic E-state index is -7.54. The molecule has 0 atom stereocenters. The van der Waals surface area contributed by atoms with Gasteiger partial charge in [0.15, 0.2) is 0 Å². The van der Waals surface area contributed by atoms with Crippen LogP contribution in [0.1, 0.15) is 45.0 Å². The Kier molecular flexibility index (Phi) is 12.0. The third-order valence-corrected chi connectivity index (χ3v) is 10.4. The van der Waals surface area contributed by atoms with Crippen LogP contribution in [-0.2, 0) is 23.7 Å². The number of fused-ring (bicyclic) bond motifs is 8. The fraction of sp³-hybridized carbons (Fsp3) is 0.375. The highest BCUT2D eigenvalue weighted by atomic mass is 79.9. The molecular formula is C32H8Br2F28N4. The number of aromatic amines is 2. The second-order valence-electron chi connectivity index (χ2n) is 13.3. The second-order valence-corrected chi connectivity index (χ2v) is 15.0. The molecule has 0 spiro atoms. The van der Waals surface area contributed by atoms with Crippen LogP contribution in [0.5, 0.6) is 0 Å². The lowest BCUT2D eigenvalue weighted by molar-refractivity contribution is -0.359. The Morgan fingerprint density at radius 1 is 0.318 bits per heavy atom. The van der Waals surface area contributed by atoms with Crippen molar-refractivity contribution in [1.29, 1.82) is 0 Å². The van der Waals surface area contributed by atoms with Gasteiger partial charge in [0.25, 0.3) is 0 Å². The molecule has 0 radical (unpaired) electrons. The number of rotatable bonds is 8. The van der Waals surface area contributed by atoms with E-state index in [4.69, 9.17) is 0 Å². The standard InChI is InChI=1S/C32H8Br2F28N4/c33-7-5-13-15(21(35,36)25(43,44)29(51,52)53)9-1-3-11(63-9)17(23(39,40)27(47,48)31(57,58)59)19-8(34)6-14(66-19)16(22(37,38)26(45,46)30(54,55)56)10-2-4-12(64-10)18(20(7)65-13)24(41,42)28(49,50)32(60,61)62/h1-6,65-66H. The molecule has 3 aromatic rings. The van der Waals surface area contributed by atoms with E-state index in [9.17, 15) is 87.8 Å². The van der Waals surface area contributed by atoms with Gasteiger partial charge in [0.2, 0.25) is 0 Å². The Hall–Kier alpha value is -4.40. The summed E-state index contributed by atoms with van der Waals surface area (Å²) in [6.07, 6.45) is -32.0. The van der Waals surface area contributed by atoms with Gasteiger partial charge in [-0.25, -0.2) is 9.97 Å². The van der Waals surface area contributed by atoms with Crippen LogP contribution in [0.15, 0.2) is 21.1 Å². The summed E-state index contributed by atoms with van der Waals surface area (Å²) in [4.78, 5) is 7.32. The summed E-state index contributed by atoms with van der Waals surface area (Å²) in [7, 11) is 0. The maximum absolute atomic E-state index is 15.8. The van der Waals surface area contributed by atoms with Gasteiger partial charge in [-0.05, 0) is 68.3 Å². The van der Waals surface area contributed by atoms with Crippen LogP contribution < -0.4 is 0 Å². The number of nitrogens with one attached hydrogen (secondary N) is 2. The summed E-state index contributed by atoms with van der Waals surface area (Å²) < 4.78 is 403. The summed E-state index contributed by atoms with van der Waals surface area (Å²) in [5.74, 6) is -58.5. The largest absolute Gasteiger partial charge is 0.460 e. The van der Waals surface area contributed by atoms with Crippen molar-refractivity contribution in [2.75, 3.05) is 0 Å². The van der Waals surface area contributed by atoms with Gasteiger partial charge in [-0.1, -0.05) is 0 Å². The van der Waals surface area contributed by atoms with E-state index in [1.165, 1.54) is 0 Å². The Morgan fingerprint density at radius 2 is 0.515 bits per heavy atom. The van der Waals surface area contributed by atoms with Gasteiger partial charge in [0, 0.05) is 8.95 Å². The maximum atomic E-state index is 15.8. The van der Waals surface area contributed by atoms with Crippen molar-refractivity contribution >= 4 is 78.2 Å². The molecule has 8 bridgehead atoms. The van der Waals surface area contributed by atoms with Gasteiger partial charge in [-0.15, -0.1) is 0 Å². The van der Waals surface area contributed by atoms with Crippen LogP contribution in [0.25, 0.3) is 46.4 Å². The molecule has 0 aliphatic carbocycles. The zero-order chi connectivity index (χ0) is 51.2. The van der Waals surface area contributed by atoms with Crippen LogP contribution in [-0.4, -0.2) is 68.3 Å². The predicted molar refractivity (Wildman–Crippen MR) is 174 cm³/mol. The number of halogens is 30. The molecule has 5 heterocycles. The average molecular weight is 1140 g/mol. The maximum Gasteiger partial charge on any atom is 0.460 e. The molecule has 4 nitrogen and oxygen atoms in total. The quantitative estimate of drug-likeness (QED) is 0.152. The molecule has 0 unspecified atom stereocenters. The summed E-state index contributed by atoms with van der Waals surface area (Å²) in [5, 5.41) is 0. The lowest BCUT2D eigenvalue weighted by Crippen LogP contribution is -2.50. The molecule has 2 aliphatic heterocycles. The van der Waals surface area contributed by atoms with Crippen molar-refractivity contribution in [3.8, 4) is 0 Å². The van der Waals surface area contributed by atoms with Crippen molar-refractivity contribution in [1.82, 2.24) is 19.9 Å². The third kappa shape index (κ3) is 7.46. The molecule has 2 aliphatic rings. The molecule has 0 aromatic carbocycles. The van der Waals surface area contributed by atoms with Gasteiger partial charge < -0.3 is 9.97 Å². The van der Waals surface area contributed by atoms with Crippen molar-refractivity contribution < 1.29 is 123 Å². The average Bonchev–Trinajstić information content (AvgIpc) is 3.92. The first-order valence-corrected chi connectivity index (χ1v) is 17.6. The zero-order valence-electron chi connectivity index (χ0n) is 29.7. The molecule has 2 N–H and O–H groups in total. The van der Waals surface area contributed by atoms with E-state index in [1.54, 1.807) is 0 Å². The van der Waals surface area contributed by atoms with E-state index in [2.05, 4.69) is 41.8 Å². The topological polar surface area (TPSA) is 57.4 Å². The first-order valence-electron chi connectivity index (χ1n) is 16.0. The van der Waals surface area contributed by atoms with E-state index in [0.29, 0.717) is 0 Å². The lowest BCUT2D eigenvalue weighted by Gasteiger charge is -2.29. The Bertz CT molecular complexity index is 2510. The van der Waals surface area contributed by atoms with Crippen molar-refractivity contribution in [3.05, 3.63) is 66.1 Å². The van der Waals surface area contributed by atoms with Crippen molar-refractivity contribution in [3.63, 3.8) is 0 Å². The predicted octanol–water partition coefficient (Wildman–Crippen LogP) is 15.3. The lowest BCUT2D eigenvalue weighted by atomic mass is 9.99. The molecule has 0 saturated heterocycles. The monoisotopic (exact) mass is 1140 g/mol. The summed E-state index contributed by atoms with van der Waals surface area (Å²) >= 11 is 4.18. The number of hydrogen-bond acceptors (Lipinski definition) is 2. The molecule has 0 fully saturated rings. The van der Waals surface area contributed by atoms with Crippen LogP contribution in [0.2, 0.25) is 0 Å². The Labute approximate surface area is 359 Å². The van der Waals surface area contributed by atoms with Crippen molar-refractivity contribution in [2.24, 2.45) is 0 Å². The zero-order valence-corrected chi connectivity index (χ0v) is 32.9. The van der Waals surface area contributed by atoms with E-state index in [0.717, 1.165) is 9.97 Å². The van der Waals surface area contributed by atoms with E-state index < -0.39 is 185 Å². The van der Waals surface area contributed by atoms with Gasteiger partial charge in [0.05, 0.1) is 67.1 Å². The third-order valence-electron chi connectivity index (χ3n) is 9.14. The number of alkyl halides is 28. The summed E-state index contributed by atoms with van der Waals surface area (Å²) in [6, 6.07) is -0.938. The fourth-order valence-electron chi connectivity index (χ4n) is 5.94. The highest BCUT2D eigenvalue weighted by Crippen LogP contribution is 2.59. The number of H-pyrrole nitrogens is 2. The van der Waals surface area contributed by atoms with Gasteiger partial charge in [-0.2, -0.15) is 123 Å². The van der Waals surface area contributed by atoms with Gasteiger partial charge in [-0.3, -0.25) is 0 Å². The summed E-state index contributed by atoms with van der Waals surface area (Å²) in [5.41, 5.74) is -32.1. The molecule has 0 saturated carbocycles. The Balaban J connectivity index is 2.30. The molecule has 366 valence electrons. The highest BCUT2D eigenvalue weighted by Gasteiger charge is 2.78. The van der Waals surface area contributed by atoms with Gasteiger partial charge in [0.1, 0.15) is 0 Å². The van der Waals surface area contributed by atoms with E-state index in [-0.39, 0.29) is 0 Å². The van der Waals surface area contributed by atoms with Crippen LogP contribution >= 0.6 is 31.9 Å². The molecule has 0 amide bonds. The molecule has 34 heteroatoms. The smallest absolute Gasteiger partial charge is 0.354 e. The number of hydrogen-bond donors (Lipinski definition) is 2. The normalized spacial score (nSPS) is 15.6. The molecule has 5 rings (SSSR count). The first kappa shape index (κ1) is 52.6. The SMILES string of the molecule is FC(F)(F)C(F)(F)C(F)(F)c1c2nc(c(C(F)(F)C(F)(F)C(F)(F)F)c3[nH]c(cc3Br)c(C(F)(F)C(F)(F)C(F)(F)F)c3nc(c(C(F)(F)C(F)(F)C(F)(F)F)c4[nH]c1cc4Br)C=C3)C=C2. The molecule has 3 aromatic heterocycles. The first-order chi connectivity index (χ1) is 29.2. The van der Waals surface area contributed by atoms with Crippen LogP contribution in [0, 0.1) is 0 Å². The highest BCUT2D eigenvalue weighted by molar-refractivity contribution is 9.11.